The van der Waals surface area contributed by atoms with Crippen molar-refractivity contribution in [3.05, 3.63) is 123 Å². The summed E-state index contributed by atoms with van der Waals surface area (Å²) in [6.45, 7) is 0. The second-order valence-corrected chi connectivity index (χ2v) is 6.92. The molecule has 3 aromatic rings. The smallest absolute Gasteiger partial charge is 0.0407 e. The van der Waals surface area contributed by atoms with E-state index in [0.29, 0.717) is 0 Å². The van der Waals surface area contributed by atoms with Crippen molar-refractivity contribution in [1.29, 1.82) is 0 Å². The summed E-state index contributed by atoms with van der Waals surface area (Å²) in [6.07, 6.45) is 4.15. The molecular weight excluding hydrogens is 324 g/mol. The van der Waals surface area contributed by atoms with E-state index in [4.69, 9.17) is 0 Å². The molecule has 0 bridgehead atoms. The molecule has 0 aliphatic heterocycles. The quantitative estimate of drug-likeness (QED) is 0.469. The zero-order valence-electron chi connectivity index (χ0n) is 14.6. The first-order chi connectivity index (χ1) is 13.4. The molecule has 6 rings (SSSR count). The Labute approximate surface area is 158 Å². The molecular formula is C27H14. The second kappa shape index (κ2) is 5.36. The largest absolute Gasteiger partial charge is 0.110 e. The van der Waals surface area contributed by atoms with Gasteiger partial charge in [-0.05, 0) is 45.5 Å². The molecule has 0 N–H and O–H groups in total. The lowest BCUT2D eigenvalue weighted by molar-refractivity contribution is 1.56. The van der Waals surface area contributed by atoms with Gasteiger partial charge in [0.05, 0.1) is 0 Å². The van der Waals surface area contributed by atoms with E-state index in [1.54, 1.807) is 0 Å². The van der Waals surface area contributed by atoms with Crippen molar-refractivity contribution in [2.75, 3.05) is 0 Å². The molecule has 3 aromatic carbocycles. The van der Waals surface area contributed by atoms with Crippen LogP contribution in [0.5, 0.6) is 0 Å². The maximum atomic E-state index is 3.72. The minimum Gasteiger partial charge on any atom is -0.110 e. The van der Waals surface area contributed by atoms with Crippen molar-refractivity contribution < 1.29 is 0 Å². The topological polar surface area (TPSA) is 0 Å². The van der Waals surface area contributed by atoms with Crippen molar-refractivity contribution in [1.82, 2.24) is 0 Å². The summed E-state index contributed by atoms with van der Waals surface area (Å²) in [4.78, 5) is 0. The highest BCUT2D eigenvalue weighted by Gasteiger charge is 2.26. The van der Waals surface area contributed by atoms with Crippen LogP contribution in [0.25, 0.3) is 34.4 Å². The van der Waals surface area contributed by atoms with Gasteiger partial charge < -0.3 is 0 Å². The van der Waals surface area contributed by atoms with Crippen LogP contribution in [0.4, 0.5) is 0 Å². The summed E-state index contributed by atoms with van der Waals surface area (Å²) in [5, 5.41) is 0. The Balaban J connectivity index is 1.60. The van der Waals surface area contributed by atoms with Crippen LogP contribution >= 0.6 is 0 Å². The molecule has 27 heavy (non-hydrogen) atoms. The van der Waals surface area contributed by atoms with Gasteiger partial charge in [-0.25, -0.2) is 0 Å². The summed E-state index contributed by atoms with van der Waals surface area (Å²) in [7, 11) is 0. The first-order valence-electron chi connectivity index (χ1n) is 9.14. The molecule has 0 heterocycles. The minimum absolute atomic E-state index is 1.13. The summed E-state index contributed by atoms with van der Waals surface area (Å²) >= 11 is 0. The maximum absolute atomic E-state index is 3.72. The van der Waals surface area contributed by atoms with Gasteiger partial charge >= 0.3 is 0 Å². The van der Waals surface area contributed by atoms with E-state index in [-0.39, 0.29) is 0 Å². The van der Waals surface area contributed by atoms with Crippen LogP contribution in [0.3, 0.4) is 0 Å². The molecule has 0 aromatic heterocycles. The van der Waals surface area contributed by atoms with Crippen LogP contribution < -0.4 is 0 Å². The van der Waals surface area contributed by atoms with E-state index >= 15 is 0 Å². The standard InChI is InChI=1S/C27H14/c1-3-9-20-18(7-1)13-15-24(20)26-17-27(23-12-6-5-11-22(23)26)25-16-14-19-8-2-4-10-21(19)25/h1-14H. The van der Waals surface area contributed by atoms with Gasteiger partial charge in [0.15, 0.2) is 0 Å². The highest BCUT2D eigenvalue weighted by molar-refractivity contribution is 6.20. The van der Waals surface area contributed by atoms with Gasteiger partial charge in [-0.1, -0.05) is 72.8 Å². The Hall–Kier alpha value is -3.78. The Morgan fingerprint density at radius 2 is 0.815 bits per heavy atom. The third kappa shape index (κ3) is 2.01. The van der Waals surface area contributed by atoms with Crippen LogP contribution in [0.15, 0.2) is 90.0 Å². The van der Waals surface area contributed by atoms with Gasteiger partial charge in [0.2, 0.25) is 0 Å². The molecule has 0 fully saturated rings. The molecule has 0 unspecified atom stereocenters. The summed E-state index contributed by atoms with van der Waals surface area (Å²) in [5.41, 5.74) is 22.5. The molecule has 0 nitrogen and oxygen atoms in total. The monoisotopic (exact) mass is 338 g/mol. The Morgan fingerprint density at radius 3 is 1.30 bits per heavy atom. The van der Waals surface area contributed by atoms with Gasteiger partial charge in [0, 0.05) is 22.3 Å². The fraction of sp³-hybridized carbons (Fsp3) is 0. The lowest BCUT2D eigenvalue weighted by Gasteiger charge is -2.10. The van der Waals surface area contributed by atoms with Crippen LogP contribution in [0.2, 0.25) is 0 Å². The fourth-order valence-electron chi connectivity index (χ4n) is 4.14. The van der Waals surface area contributed by atoms with Crippen molar-refractivity contribution >= 4 is 34.4 Å². The van der Waals surface area contributed by atoms with E-state index in [9.17, 15) is 0 Å². The normalized spacial score (nSPS) is 15.0. The van der Waals surface area contributed by atoms with Gasteiger partial charge in [0.1, 0.15) is 0 Å². The van der Waals surface area contributed by atoms with Crippen molar-refractivity contribution in [2.24, 2.45) is 0 Å². The lowest BCUT2D eigenvalue weighted by atomic mass is 9.91. The van der Waals surface area contributed by atoms with Crippen LogP contribution in [0.1, 0.15) is 33.4 Å². The number of allylic oxidation sites excluding steroid dienone is 3. The van der Waals surface area contributed by atoms with Crippen molar-refractivity contribution in [3.8, 4) is 0 Å². The Bertz CT molecular complexity index is 1250. The molecule has 3 aliphatic rings. The molecule has 0 radical (unpaired) electrons. The van der Waals surface area contributed by atoms with Crippen LogP contribution in [-0.2, 0) is 0 Å². The van der Waals surface area contributed by atoms with Gasteiger partial charge in [0.25, 0.3) is 0 Å². The van der Waals surface area contributed by atoms with E-state index < -0.39 is 0 Å². The molecule has 0 spiro atoms. The molecule has 0 saturated carbocycles. The molecule has 0 saturated heterocycles. The zero-order valence-corrected chi connectivity index (χ0v) is 14.6. The van der Waals surface area contributed by atoms with E-state index in [1.807, 2.05) is 0 Å². The minimum atomic E-state index is 1.13. The number of hydrogen-bond donors (Lipinski definition) is 0. The maximum Gasteiger partial charge on any atom is 0.0407 e. The number of benzene rings is 3. The van der Waals surface area contributed by atoms with E-state index in [1.165, 1.54) is 33.4 Å². The lowest BCUT2D eigenvalue weighted by Crippen LogP contribution is -1.91. The predicted molar refractivity (Wildman–Crippen MR) is 112 cm³/mol. The average molecular weight is 338 g/mol. The highest BCUT2D eigenvalue weighted by Crippen LogP contribution is 2.46. The van der Waals surface area contributed by atoms with E-state index in [0.717, 1.165) is 22.3 Å². The van der Waals surface area contributed by atoms with Gasteiger partial charge in [-0.2, -0.15) is 0 Å². The third-order valence-corrected chi connectivity index (χ3v) is 5.42. The average Bonchev–Trinajstić information content (AvgIpc) is 3.42. The zero-order chi connectivity index (χ0) is 17.8. The molecule has 0 heteroatoms. The SMILES string of the molecule is C1=Cc2ccccc2C=1C1=C=C(C2=C=Cc3ccccc32)c2ccccc21. The number of fused-ring (bicyclic) bond motifs is 3. The molecule has 3 aliphatic carbocycles. The highest BCUT2D eigenvalue weighted by atomic mass is 14.3. The first-order valence-corrected chi connectivity index (χ1v) is 9.14. The van der Waals surface area contributed by atoms with Crippen LogP contribution in [0, 0.1) is 0 Å². The molecule has 0 atom stereocenters. The van der Waals surface area contributed by atoms with Crippen molar-refractivity contribution in [2.45, 2.75) is 0 Å². The molecule has 122 valence electrons. The Morgan fingerprint density at radius 1 is 0.407 bits per heavy atom. The van der Waals surface area contributed by atoms with Gasteiger partial charge in [-0.3, -0.25) is 0 Å². The molecule has 0 amide bonds. The number of rotatable bonds is 2. The summed E-state index contributed by atoms with van der Waals surface area (Å²) in [6, 6.07) is 25.5. The fourth-order valence-corrected chi connectivity index (χ4v) is 4.14. The van der Waals surface area contributed by atoms with E-state index in [2.05, 4.69) is 102 Å². The second-order valence-electron chi connectivity index (χ2n) is 6.92. The first kappa shape index (κ1) is 14.4. The summed E-state index contributed by atoms with van der Waals surface area (Å²) in [5.74, 6) is 0. The third-order valence-electron chi connectivity index (χ3n) is 5.42. The van der Waals surface area contributed by atoms with Crippen LogP contribution in [-0.4, -0.2) is 0 Å². The van der Waals surface area contributed by atoms with Crippen molar-refractivity contribution in [3.63, 3.8) is 0 Å². The van der Waals surface area contributed by atoms with Gasteiger partial charge in [-0.15, -0.1) is 17.2 Å². The predicted octanol–water partition coefficient (Wildman–Crippen LogP) is 6.48. The number of hydrogen-bond acceptors (Lipinski definition) is 0. The summed E-state index contributed by atoms with van der Waals surface area (Å²) < 4.78 is 0. The Kier molecular flexibility index (Phi) is 2.86.